The van der Waals surface area contributed by atoms with Gasteiger partial charge >= 0.3 is 12.1 Å². The van der Waals surface area contributed by atoms with Gasteiger partial charge in [-0.05, 0) is 26.8 Å². The lowest BCUT2D eigenvalue weighted by molar-refractivity contribution is 0.0602. The average molecular weight is 282 g/mol. The Hall–Kier alpha value is -2.44. The molecular formula is C13H18N2O5. The van der Waals surface area contributed by atoms with Crippen molar-refractivity contribution >= 4 is 23.4 Å². The van der Waals surface area contributed by atoms with Crippen LogP contribution in [0.2, 0.25) is 0 Å². The Kier molecular flexibility index (Phi) is 4.44. The van der Waals surface area contributed by atoms with Crippen molar-refractivity contribution in [3.05, 3.63) is 17.7 Å². The average Bonchev–Trinajstić information content (AvgIpc) is 2.30. The summed E-state index contributed by atoms with van der Waals surface area (Å²) in [7, 11) is 1.20. The Labute approximate surface area is 116 Å². The smallest absolute Gasteiger partial charge is 0.412 e. The molecule has 110 valence electrons. The Morgan fingerprint density at radius 1 is 1.30 bits per heavy atom. The predicted octanol–water partition coefficient (Wildman–Crippen LogP) is 2.11. The van der Waals surface area contributed by atoms with Gasteiger partial charge in [0.2, 0.25) is 0 Å². The first-order valence-electron chi connectivity index (χ1n) is 5.85. The SMILES string of the molecule is COC(=O)c1cc(N)c(O)cc1NC(=O)OC(C)(C)C. The molecule has 7 nitrogen and oxygen atoms in total. The van der Waals surface area contributed by atoms with Gasteiger partial charge in [-0.3, -0.25) is 5.32 Å². The summed E-state index contributed by atoms with van der Waals surface area (Å²) in [6, 6.07) is 2.37. The first kappa shape index (κ1) is 15.6. The summed E-state index contributed by atoms with van der Waals surface area (Å²) >= 11 is 0. The van der Waals surface area contributed by atoms with Gasteiger partial charge in [-0.15, -0.1) is 0 Å². The molecule has 20 heavy (non-hydrogen) atoms. The van der Waals surface area contributed by atoms with Crippen LogP contribution in [0.25, 0.3) is 0 Å². The summed E-state index contributed by atoms with van der Waals surface area (Å²) in [4.78, 5) is 23.3. The lowest BCUT2D eigenvalue weighted by atomic mass is 10.1. The summed E-state index contributed by atoms with van der Waals surface area (Å²) in [6.45, 7) is 5.11. The number of amides is 1. The van der Waals surface area contributed by atoms with E-state index in [0.717, 1.165) is 6.07 Å². The van der Waals surface area contributed by atoms with Crippen LogP contribution < -0.4 is 11.1 Å². The van der Waals surface area contributed by atoms with Gasteiger partial charge in [-0.2, -0.15) is 0 Å². The number of esters is 1. The van der Waals surface area contributed by atoms with E-state index >= 15 is 0 Å². The highest BCUT2D eigenvalue weighted by Crippen LogP contribution is 2.29. The highest BCUT2D eigenvalue weighted by molar-refractivity contribution is 6.01. The second kappa shape index (κ2) is 5.68. The number of rotatable bonds is 2. The number of hydrogen-bond donors (Lipinski definition) is 3. The number of nitrogen functional groups attached to an aromatic ring is 1. The minimum Gasteiger partial charge on any atom is -0.506 e. The molecule has 0 aliphatic heterocycles. The summed E-state index contributed by atoms with van der Waals surface area (Å²) < 4.78 is 9.65. The number of aromatic hydroxyl groups is 1. The fourth-order valence-electron chi connectivity index (χ4n) is 1.40. The molecule has 0 spiro atoms. The summed E-state index contributed by atoms with van der Waals surface area (Å²) in [5, 5.41) is 11.9. The van der Waals surface area contributed by atoms with E-state index in [1.807, 2.05) is 0 Å². The molecule has 1 aromatic rings. The van der Waals surface area contributed by atoms with E-state index in [9.17, 15) is 14.7 Å². The molecule has 1 rings (SSSR count). The van der Waals surface area contributed by atoms with Crippen molar-refractivity contribution in [1.82, 2.24) is 0 Å². The minimum absolute atomic E-state index is 0.000128. The van der Waals surface area contributed by atoms with E-state index in [4.69, 9.17) is 10.5 Å². The zero-order valence-corrected chi connectivity index (χ0v) is 11.8. The van der Waals surface area contributed by atoms with Crippen molar-refractivity contribution in [1.29, 1.82) is 0 Å². The summed E-state index contributed by atoms with van der Waals surface area (Å²) in [5.74, 6) is -0.952. The number of carbonyl (C=O) groups is 2. The van der Waals surface area contributed by atoms with Crippen LogP contribution in [0.15, 0.2) is 12.1 Å². The zero-order chi connectivity index (χ0) is 15.5. The number of methoxy groups -OCH3 is 1. The number of hydrogen-bond acceptors (Lipinski definition) is 6. The van der Waals surface area contributed by atoms with Crippen molar-refractivity contribution in [3.63, 3.8) is 0 Å². The van der Waals surface area contributed by atoms with Gasteiger partial charge in [-0.25, -0.2) is 9.59 Å². The van der Waals surface area contributed by atoms with Crippen LogP contribution in [0.1, 0.15) is 31.1 Å². The van der Waals surface area contributed by atoms with Gasteiger partial charge in [0.05, 0.1) is 24.0 Å². The van der Waals surface area contributed by atoms with Crippen molar-refractivity contribution in [2.45, 2.75) is 26.4 Å². The first-order valence-corrected chi connectivity index (χ1v) is 5.85. The van der Waals surface area contributed by atoms with Crippen LogP contribution >= 0.6 is 0 Å². The molecule has 0 aliphatic rings. The van der Waals surface area contributed by atoms with Crippen LogP contribution in [0.4, 0.5) is 16.2 Å². The maximum absolute atomic E-state index is 11.7. The third-order valence-electron chi connectivity index (χ3n) is 2.21. The molecule has 1 amide bonds. The number of nitrogens with one attached hydrogen (secondary N) is 1. The zero-order valence-electron chi connectivity index (χ0n) is 11.8. The molecule has 4 N–H and O–H groups in total. The minimum atomic E-state index is -0.758. The molecule has 0 bridgehead atoms. The fourth-order valence-corrected chi connectivity index (χ4v) is 1.40. The topological polar surface area (TPSA) is 111 Å². The third kappa shape index (κ3) is 4.04. The van der Waals surface area contributed by atoms with Gasteiger partial charge in [0.15, 0.2) is 0 Å². The lowest BCUT2D eigenvalue weighted by Gasteiger charge is -2.20. The van der Waals surface area contributed by atoms with Gasteiger partial charge in [0.1, 0.15) is 11.4 Å². The van der Waals surface area contributed by atoms with Crippen molar-refractivity contribution in [3.8, 4) is 5.75 Å². The second-order valence-electron chi connectivity index (χ2n) is 5.08. The number of carbonyl (C=O) groups excluding carboxylic acids is 2. The molecular weight excluding hydrogens is 264 g/mol. The summed E-state index contributed by atoms with van der Waals surface area (Å²) in [6.07, 6.45) is -0.758. The number of phenolic OH excluding ortho intramolecular Hbond substituents is 1. The number of ether oxygens (including phenoxy) is 2. The summed E-state index contributed by atoms with van der Waals surface area (Å²) in [5.41, 5.74) is 4.90. The second-order valence-corrected chi connectivity index (χ2v) is 5.08. The lowest BCUT2D eigenvalue weighted by Crippen LogP contribution is -2.27. The molecule has 1 aromatic carbocycles. The molecule has 0 saturated carbocycles. The van der Waals surface area contributed by atoms with E-state index in [1.165, 1.54) is 13.2 Å². The highest BCUT2D eigenvalue weighted by Gasteiger charge is 2.20. The van der Waals surface area contributed by atoms with Gasteiger partial charge in [0, 0.05) is 6.07 Å². The van der Waals surface area contributed by atoms with Crippen molar-refractivity contribution in [2.24, 2.45) is 0 Å². The number of phenols is 1. The van der Waals surface area contributed by atoms with Gasteiger partial charge in [0.25, 0.3) is 0 Å². The van der Waals surface area contributed by atoms with Crippen molar-refractivity contribution in [2.75, 3.05) is 18.2 Å². The molecule has 0 heterocycles. The molecule has 0 aromatic heterocycles. The number of nitrogens with two attached hydrogens (primary N) is 1. The van der Waals surface area contributed by atoms with E-state index in [0.29, 0.717) is 0 Å². The molecule has 0 unspecified atom stereocenters. The molecule has 7 heteroatoms. The Bertz CT molecular complexity index is 534. The number of anilines is 2. The van der Waals surface area contributed by atoms with Gasteiger partial charge in [-0.1, -0.05) is 0 Å². The number of benzene rings is 1. The Morgan fingerprint density at radius 2 is 1.90 bits per heavy atom. The van der Waals surface area contributed by atoms with E-state index < -0.39 is 17.7 Å². The Morgan fingerprint density at radius 3 is 2.40 bits per heavy atom. The van der Waals surface area contributed by atoms with Crippen LogP contribution in [-0.2, 0) is 9.47 Å². The van der Waals surface area contributed by atoms with Crippen LogP contribution in [-0.4, -0.2) is 29.9 Å². The standard InChI is InChI=1S/C13H18N2O5/c1-13(2,3)20-12(18)15-9-6-10(16)8(14)5-7(9)11(17)19-4/h5-6,16H,14H2,1-4H3,(H,15,18). The van der Waals surface area contributed by atoms with E-state index in [-0.39, 0.29) is 22.7 Å². The van der Waals surface area contributed by atoms with E-state index in [1.54, 1.807) is 20.8 Å². The van der Waals surface area contributed by atoms with Crippen LogP contribution in [0.3, 0.4) is 0 Å². The van der Waals surface area contributed by atoms with Crippen LogP contribution in [0, 0.1) is 0 Å². The van der Waals surface area contributed by atoms with E-state index in [2.05, 4.69) is 10.1 Å². The highest BCUT2D eigenvalue weighted by atomic mass is 16.6. The maximum atomic E-state index is 11.7. The fraction of sp³-hybridized carbons (Fsp3) is 0.385. The quantitative estimate of drug-likeness (QED) is 0.435. The van der Waals surface area contributed by atoms with Gasteiger partial charge < -0.3 is 20.3 Å². The van der Waals surface area contributed by atoms with Crippen molar-refractivity contribution < 1.29 is 24.2 Å². The predicted molar refractivity (Wildman–Crippen MR) is 73.7 cm³/mol. The molecule has 0 fully saturated rings. The maximum Gasteiger partial charge on any atom is 0.412 e. The molecule has 0 saturated heterocycles. The monoisotopic (exact) mass is 282 g/mol. The first-order chi connectivity index (χ1) is 9.14. The normalized spacial score (nSPS) is 10.8. The molecule has 0 radical (unpaired) electrons. The third-order valence-corrected chi connectivity index (χ3v) is 2.21. The molecule has 0 aliphatic carbocycles. The Balaban J connectivity index is 3.07. The molecule has 0 atom stereocenters. The van der Waals surface area contributed by atoms with Crippen LogP contribution in [0.5, 0.6) is 5.75 Å². The largest absolute Gasteiger partial charge is 0.506 e.